The Balaban J connectivity index is 3.40. The van der Waals surface area contributed by atoms with Crippen LogP contribution in [0.2, 0.25) is 0 Å². The number of hydrogen-bond donors (Lipinski definition) is 1. The van der Waals surface area contributed by atoms with Gasteiger partial charge in [-0.3, -0.25) is 4.79 Å². The Bertz CT molecular complexity index is 171. The number of carbonyl (C=O) groups is 1. The zero-order valence-corrected chi connectivity index (χ0v) is 9.56. The predicted molar refractivity (Wildman–Crippen MR) is 55.0 cm³/mol. The van der Waals surface area contributed by atoms with Gasteiger partial charge in [-0.05, 0) is 13.8 Å². The van der Waals surface area contributed by atoms with Crippen LogP contribution in [0.15, 0.2) is 0 Å². The molecule has 0 aromatic carbocycles. The maximum Gasteiger partial charge on any atom is 0.305 e. The average molecular weight is 220 g/mol. The highest BCUT2D eigenvalue weighted by Crippen LogP contribution is 1.98. The summed E-state index contributed by atoms with van der Waals surface area (Å²) in [5, 5.41) is 8.39. The van der Waals surface area contributed by atoms with Gasteiger partial charge in [-0.25, -0.2) is 0 Å². The lowest BCUT2D eigenvalue weighted by Gasteiger charge is -2.16. The lowest BCUT2D eigenvalue weighted by atomic mass is 10.4. The normalized spacial score (nSPS) is 14.9. The number of aliphatic carboxylic acids is 1. The van der Waals surface area contributed by atoms with E-state index in [2.05, 4.69) is 0 Å². The maximum absolute atomic E-state index is 10.2. The molecule has 0 rings (SSSR count). The number of ether oxygens (including phenoxy) is 3. The Labute approximate surface area is 90.3 Å². The molecule has 0 aliphatic carbocycles. The van der Waals surface area contributed by atoms with Crippen molar-refractivity contribution >= 4 is 5.97 Å². The third-order valence-corrected chi connectivity index (χ3v) is 1.74. The minimum absolute atomic E-state index is 0.0258. The van der Waals surface area contributed by atoms with Gasteiger partial charge in [0.25, 0.3) is 0 Å². The SMILES string of the molecule is COCC(C)OCC(C)OCCC(=O)O. The van der Waals surface area contributed by atoms with Crippen LogP contribution in [0.4, 0.5) is 0 Å². The third kappa shape index (κ3) is 9.65. The number of carboxylic acid groups (broad SMARTS) is 1. The van der Waals surface area contributed by atoms with Crippen LogP contribution in [0, 0.1) is 0 Å². The van der Waals surface area contributed by atoms with Crippen molar-refractivity contribution < 1.29 is 24.1 Å². The maximum atomic E-state index is 10.2. The molecule has 0 saturated heterocycles. The van der Waals surface area contributed by atoms with E-state index in [4.69, 9.17) is 19.3 Å². The fourth-order valence-electron chi connectivity index (χ4n) is 0.978. The quantitative estimate of drug-likeness (QED) is 0.626. The van der Waals surface area contributed by atoms with E-state index in [1.165, 1.54) is 0 Å². The van der Waals surface area contributed by atoms with Crippen LogP contribution in [0.1, 0.15) is 20.3 Å². The van der Waals surface area contributed by atoms with E-state index in [1.807, 2.05) is 13.8 Å². The molecule has 0 aliphatic rings. The number of hydrogen-bond acceptors (Lipinski definition) is 4. The highest BCUT2D eigenvalue weighted by Gasteiger charge is 2.07. The van der Waals surface area contributed by atoms with Crippen molar-refractivity contribution in [3.05, 3.63) is 0 Å². The minimum Gasteiger partial charge on any atom is -0.481 e. The van der Waals surface area contributed by atoms with E-state index < -0.39 is 5.97 Å². The molecule has 5 nitrogen and oxygen atoms in total. The molecule has 0 aromatic heterocycles. The zero-order chi connectivity index (χ0) is 11.7. The first-order chi connectivity index (χ1) is 7.06. The van der Waals surface area contributed by atoms with Gasteiger partial charge >= 0.3 is 5.97 Å². The van der Waals surface area contributed by atoms with Crippen LogP contribution >= 0.6 is 0 Å². The van der Waals surface area contributed by atoms with Gasteiger partial charge in [0, 0.05) is 7.11 Å². The molecule has 15 heavy (non-hydrogen) atoms. The molecule has 0 radical (unpaired) electrons. The van der Waals surface area contributed by atoms with E-state index in [0.29, 0.717) is 13.2 Å². The molecule has 0 spiro atoms. The first-order valence-corrected chi connectivity index (χ1v) is 5.00. The van der Waals surface area contributed by atoms with E-state index in [0.717, 1.165) is 0 Å². The fourth-order valence-corrected chi connectivity index (χ4v) is 0.978. The second-order valence-corrected chi connectivity index (χ2v) is 3.42. The highest BCUT2D eigenvalue weighted by molar-refractivity contribution is 5.66. The van der Waals surface area contributed by atoms with Crippen LogP contribution in [0.5, 0.6) is 0 Å². The van der Waals surface area contributed by atoms with Gasteiger partial charge < -0.3 is 19.3 Å². The summed E-state index contributed by atoms with van der Waals surface area (Å²) in [6, 6.07) is 0. The topological polar surface area (TPSA) is 65.0 Å². The molecule has 0 amide bonds. The van der Waals surface area contributed by atoms with Gasteiger partial charge in [0.2, 0.25) is 0 Å². The summed E-state index contributed by atoms with van der Waals surface area (Å²) < 4.78 is 15.5. The summed E-state index contributed by atoms with van der Waals surface area (Å²) in [5.74, 6) is -0.851. The lowest BCUT2D eigenvalue weighted by molar-refractivity contribution is -0.139. The molecule has 0 heterocycles. The standard InChI is InChI=1S/C10H20O5/c1-8(6-13-3)15-7-9(2)14-5-4-10(11)12/h8-9H,4-7H2,1-3H3,(H,11,12). The van der Waals surface area contributed by atoms with Gasteiger partial charge in [0.15, 0.2) is 0 Å². The van der Waals surface area contributed by atoms with Gasteiger partial charge in [-0.15, -0.1) is 0 Å². The summed E-state index contributed by atoms with van der Waals surface area (Å²) in [5.41, 5.74) is 0. The van der Waals surface area contributed by atoms with Crippen molar-refractivity contribution in [1.29, 1.82) is 0 Å². The number of rotatable bonds is 9. The van der Waals surface area contributed by atoms with E-state index in [-0.39, 0.29) is 25.2 Å². The Morgan fingerprint density at radius 3 is 2.33 bits per heavy atom. The van der Waals surface area contributed by atoms with Crippen LogP contribution in [-0.2, 0) is 19.0 Å². The van der Waals surface area contributed by atoms with Crippen molar-refractivity contribution in [2.75, 3.05) is 26.9 Å². The number of carboxylic acids is 1. The molecule has 0 bridgehead atoms. The fraction of sp³-hybridized carbons (Fsp3) is 0.900. The van der Waals surface area contributed by atoms with Crippen molar-refractivity contribution in [2.24, 2.45) is 0 Å². The Hall–Kier alpha value is -0.650. The molecule has 0 aliphatic heterocycles. The van der Waals surface area contributed by atoms with Crippen LogP contribution in [0.25, 0.3) is 0 Å². The summed E-state index contributed by atoms with van der Waals surface area (Å²) in [6.07, 6.45) is -0.0398. The first kappa shape index (κ1) is 14.3. The zero-order valence-electron chi connectivity index (χ0n) is 9.56. The molecule has 90 valence electrons. The van der Waals surface area contributed by atoms with Crippen LogP contribution < -0.4 is 0 Å². The summed E-state index contributed by atoms with van der Waals surface area (Å²) >= 11 is 0. The summed E-state index contributed by atoms with van der Waals surface area (Å²) in [7, 11) is 1.62. The summed E-state index contributed by atoms with van der Waals surface area (Å²) in [4.78, 5) is 10.2. The molecule has 0 saturated carbocycles. The van der Waals surface area contributed by atoms with Crippen molar-refractivity contribution in [2.45, 2.75) is 32.5 Å². The predicted octanol–water partition coefficient (Wildman–Crippen LogP) is 0.918. The van der Waals surface area contributed by atoms with Crippen molar-refractivity contribution in [1.82, 2.24) is 0 Å². The summed E-state index contributed by atoms with van der Waals surface area (Å²) in [6.45, 7) is 4.97. The van der Waals surface area contributed by atoms with Gasteiger partial charge in [-0.2, -0.15) is 0 Å². The smallest absolute Gasteiger partial charge is 0.305 e. The van der Waals surface area contributed by atoms with Crippen LogP contribution in [0.3, 0.4) is 0 Å². The molecular formula is C10H20O5. The van der Waals surface area contributed by atoms with Gasteiger partial charge in [-0.1, -0.05) is 0 Å². The Kier molecular flexibility index (Phi) is 8.27. The molecule has 0 fully saturated rings. The largest absolute Gasteiger partial charge is 0.481 e. The molecule has 1 N–H and O–H groups in total. The van der Waals surface area contributed by atoms with Gasteiger partial charge in [0.05, 0.1) is 38.4 Å². The van der Waals surface area contributed by atoms with Crippen molar-refractivity contribution in [3.8, 4) is 0 Å². The first-order valence-electron chi connectivity index (χ1n) is 5.00. The van der Waals surface area contributed by atoms with E-state index in [9.17, 15) is 4.79 Å². The Morgan fingerprint density at radius 1 is 1.20 bits per heavy atom. The lowest BCUT2D eigenvalue weighted by Crippen LogP contribution is -2.23. The molecular weight excluding hydrogens is 200 g/mol. The molecule has 0 aromatic rings. The van der Waals surface area contributed by atoms with Crippen LogP contribution in [-0.4, -0.2) is 50.2 Å². The van der Waals surface area contributed by atoms with E-state index in [1.54, 1.807) is 7.11 Å². The third-order valence-electron chi connectivity index (χ3n) is 1.74. The second kappa shape index (κ2) is 8.64. The minimum atomic E-state index is -0.851. The van der Waals surface area contributed by atoms with Crippen molar-refractivity contribution in [3.63, 3.8) is 0 Å². The molecule has 2 unspecified atom stereocenters. The Morgan fingerprint density at radius 2 is 1.80 bits per heavy atom. The van der Waals surface area contributed by atoms with Gasteiger partial charge in [0.1, 0.15) is 0 Å². The monoisotopic (exact) mass is 220 g/mol. The molecule has 5 heteroatoms. The average Bonchev–Trinajstić information content (AvgIpc) is 2.14. The van der Waals surface area contributed by atoms with E-state index >= 15 is 0 Å². The number of methoxy groups -OCH3 is 1. The second-order valence-electron chi connectivity index (χ2n) is 3.42. The highest BCUT2D eigenvalue weighted by atomic mass is 16.6. The molecule has 2 atom stereocenters.